The molecule has 2 aromatic carbocycles. The Morgan fingerprint density at radius 2 is 0.826 bits per heavy atom. The SMILES string of the molecule is CCCCCCOC(=O)c1c(Cl)c(Cl)c(C(=O)OCCCCCC)c(Cl)c1Cl.COC(=O)c1c(F)c(F)c(C(=O)OC)c(Cl)c1F. The molecule has 8 nitrogen and oxygen atoms in total. The monoisotopic (exact) mass is 752 g/mol. The van der Waals surface area contributed by atoms with Crippen molar-refractivity contribution in [2.24, 2.45) is 0 Å². The maximum absolute atomic E-state index is 13.6. The third-order valence-corrected chi connectivity index (χ3v) is 8.24. The molecule has 0 aliphatic heterocycles. The lowest BCUT2D eigenvalue weighted by atomic mass is 10.1. The highest BCUT2D eigenvalue weighted by Crippen LogP contribution is 2.42. The number of methoxy groups -OCH3 is 2. The second kappa shape index (κ2) is 20.7. The van der Waals surface area contributed by atoms with Crippen LogP contribution in [0.2, 0.25) is 25.1 Å². The summed E-state index contributed by atoms with van der Waals surface area (Å²) in [6.45, 7) is 4.66. The van der Waals surface area contributed by atoms with E-state index in [0.29, 0.717) is 0 Å². The lowest BCUT2D eigenvalue weighted by Gasteiger charge is -2.14. The first-order valence-electron chi connectivity index (χ1n) is 14.0. The molecule has 0 aromatic heterocycles. The zero-order valence-electron chi connectivity index (χ0n) is 25.4. The van der Waals surface area contributed by atoms with E-state index in [1.807, 2.05) is 0 Å². The highest BCUT2D eigenvalue weighted by atomic mass is 35.5. The summed E-state index contributed by atoms with van der Waals surface area (Å²) in [4.78, 5) is 46.9. The molecule has 0 heterocycles. The molecule has 256 valence electrons. The Labute approximate surface area is 289 Å². The van der Waals surface area contributed by atoms with Crippen LogP contribution in [0.15, 0.2) is 0 Å². The topological polar surface area (TPSA) is 105 Å². The van der Waals surface area contributed by atoms with Crippen LogP contribution >= 0.6 is 58.0 Å². The fourth-order valence-electron chi connectivity index (χ4n) is 3.72. The van der Waals surface area contributed by atoms with E-state index in [0.717, 1.165) is 65.6 Å². The second-order valence-electron chi connectivity index (χ2n) is 9.39. The third-order valence-electron chi connectivity index (χ3n) is 6.18. The molecule has 0 saturated carbocycles. The Hall–Kier alpha value is -2.44. The quantitative estimate of drug-likeness (QED) is 0.0813. The Morgan fingerprint density at radius 3 is 1.17 bits per heavy atom. The van der Waals surface area contributed by atoms with Gasteiger partial charge < -0.3 is 18.9 Å². The molecule has 0 N–H and O–H groups in total. The second-order valence-corrected chi connectivity index (χ2v) is 11.3. The number of ether oxygens (including phenoxy) is 4. The van der Waals surface area contributed by atoms with E-state index in [1.165, 1.54) is 0 Å². The number of carbonyl (C=O) groups excluding carboxylic acids is 4. The molecule has 0 radical (unpaired) electrons. The van der Waals surface area contributed by atoms with Crippen molar-refractivity contribution in [2.45, 2.75) is 65.2 Å². The molecule has 0 aliphatic carbocycles. The minimum atomic E-state index is -1.87. The van der Waals surface area contributed by atoms with Crippen LogP contribution in [0, 0.1) is 17.5 Å². The average Bonchev–Trinajstić information content (AvgIpc) is 3.03. The predicted molar refractivity (Wildman–Crippen MR) is 169 cm³/mol. The lowest BCUT2D eigenvalue weighted by Crippen LogP contribution is -2.16. The van der Waals surface area contributed by atoms with Crippen LogP contribution in [-0.2, 0) is 18.9 Å². The Balaban J connectivity index is 0.000000506. The van der Waals surface area contributed by atoms with Gasteiger partial charge in [0.05, 0.1) is 63.7 Å². The first-order chi connectivity index (χ1) is 21.7. The standard InChI is InChI=1S/C20H26Cl4O4.C10H6ClF3O4/c1-3-5-7-9-11-27-19(25)13-15(21)17(23)14(18(24)16(13)22)20(26)28-12-10-8-6-4-2;1-17-9(15)3-5(11)6(12)4(10(16)18-2)8(14)7(3)13/h3-12H2,1-2H3;1-2H3. The number of esters is 4. The summed E-state index contributed by atoms with van der Waals surface area (Å²) in [6.07, 6.45) is 7.65. The highest BCUT2D eigenvalue weighted by Gasteiger charge is 2.32. The predicted octanol–water partition coefficient (Wildman–Crippen LogP) is 10.1. The number of benzene rings is 2. The molecule has 0 saturated heterocycles. The molecule has 0 atom stereocenters. The Bertz CT molecular complexity index is 1260. The van der Waals surface area contributed by atoms with Crippen molar-refractivity contribution in [3.8, 4) is 0 Å². The van der Waals surface area contributed by atoms with Crippen molar-refractivity contribution in [3.63, 3.8) is 0 Å². The average molecular weight is 755 g/mol. The molecule has 0 unspecified atom stereocenters. The van der Waals surface area contributed by atoms with Gasteiger partial charge in [0, 0.05) is 0 Å². The minimum Gasteiger partial charge on any atom is -0.465 e. The van der Waals surface area contributed by atoms with Gasteiger partial charge in [-0.2, -0.15) is 0 Å². The van der Waals surface area contributed by atoms with Crippen LogP contribution < -0.4 is 0 Å². The van der Waals surface area contributed by atoms with Gasteiger partial charge in [-0.15, -0.1) is 0 Å². The minimum absolute atomic E-state index is 0.145. The number of rotatable bonds is 14. The summed E-state index contributed by atoms with van der Waals surface area (Å²) < 4.78 is 59.2. The van der Waals surface area contributed by atoms with Gasteiger partial charge in [-0.3, -0.25) is 0 Å². The van der Waals surface area contributed by atoms with Crippen LogP contribution in [0.4, 0.5) is 13.2 Å². The van der Waals surface area contributed by atoms with Gasteiger partial charge in [0.15, 0.2) is 17.5 Å². The number of unbranched alkanes of at least 4 members (excludes halogenated alkanes) is 6. The largest absolute Gasteiger partial charge is 0.465 e. The third kappa shape index (κ3) is 10.8. The van der Waals surface area contributed by atoms with Gasteiger partial charge in [-0.05, 0) is 12.8 Å². The maximum atomic E-state index is 13.6. The molecule has 16 heteroatoms. The molecule has 2 aromatic rings. The molecular weight excluding hydrogens is 723 g/mol. The number of hydrogen-bond acceptors (Lipinski definition) is 8. The van der Waals surface area contributed by atoms with E-state index < -0.39 is 57.5 Å². The number of hydrogen-bond donors (Lipinski definition) is 0. The van der Waals surface area contributed by atoms with Crippen LogP contribution in [0.3, 0.4) is 0 Å². The smallest absolute Gasteiger partial charge is 0.344 e. The maximum Gasteiger partial charge on any atom is 0.344 e. The highest BCUT2D eigenvalue weighted by molar-refractivity contribution is 6.52. The summed E-state index contributed by atoms with van der Waals surface area (Å²) in [7, 11) is 1.73. The summed E-state index contributed by atoms with van der Waals surface area (Å²) in [5.41, 5.74) is -2.73. The molecule has 0 aliphatic rings. The summed E-state index contributed by atoms with van der Waals surface area (Å²) in [5.74, 6) is -9.53. The van der Waals surface area contributed by atoms with Gasteiger partial charge in [0.1, 0.15) is 11.1 Å². The zero-order chi connectivity index (χ0) is 35.1. The van der Waals surface area contributed by atoms with Crippen molar-refractivity contribution in [1.29, 1.82) is 0 Å². The van der Waals surface area contributed by atoms with E-state index in [-0.39, 0.29) is 44.4 Å². The molecule has 46 heavy (non-hydrogen) atoms. The van der Waals surface area contributed by atoms with Gasteiger partial charge in [-0.25, -0.2) is 32.3 Å². The Kier molecular flexibility index (Phi) is 18.7. The van der Waals surface area contributed by atoms with E-state index in [1.54, 1.807) is 0 Å². The van der Waals surface area contributed by atoms with Crippen LogP contribution in [0.5, 0.6) is 0 Å². The van der Waals surface area contributed by atoms with Crippen molar-refractivity contribution in [2.75, 3.05) is 27.4 Å². The van der Waals surface area contributed by atoms with Crippen molar-refractivity contribution >= 4 is 81.9 Å². The van der Waals surface area contributed by atoms with Gasteiger partial charge in [-0.1, -0.05) is 110 Å². The van der Waals surface area contributed by atoms with E-state index in [2.05, 4.69) is 23.3 Å². The summed E-state index contributed by atoms with van der Waals surface area (Å²) >= 11 is 30.1. The summed E-state index contributed by atoms with van der Waals surface area (Å²) in [6, 6.07) is 0. The fourth-order valence-corrected chi connectivity index (χ4v) is 5.13. The van der Waals surface area contributed by atoms with E-state index >= 15 is 0 Å². The first-order valence-corrected chi connectivity index (χ1v) is 15.8. The lowest BCUT2D eigenvalue weighted by molar-refractivity contribution is 0.0483. The van der Waals surface area contributed by atoms with E-state index in [9.17, 15) is 32.3 Å². The number of carbonyl (C=O) groups is 4. The molecule has 0 bridgehead atoms. The van der Waals surface area contributed by atoms with Crippen molar-refractivity contribution in [1.82, 2.24) is 0 Å². The molecular formula is C30H32Cl5F3O8. The molecule has 0 fully saturated rings. The number of halogens is 8. The normalized spacial score (nSPS) is 10.5. The van der Waals surface area contributed by atoms with Gasteiger partial charge in [0.2, 0.25) is 0 Å². The molecule has 0 amide bonds. The Morgan fingerprint density at radius 1 is 0.478 bits per heavy atom. The summed E-state index contributed by atoms with van der Waals surface area (Å²) in [5, 5.41) is -1.75. The van der Waals surface area contributed by atoms with E-state index in [4.69, 9.17) is 67.5 Å². The first kappa shape index (κ1) is 41.6. The van der Waals surface area contributed by atoms with Crippen LogP contribution in [0.1, 0.15) is 107 Å². The molecule has 0 spiro atoms. The van der Waals surface area contributed by atoms with Crippen LogP contribution in [0.25, 0.3) is 0 Å². The molecule has 2 rings (SSSR count). The van der Waals surface area contributed by atoms with Gasteiger partial charge in [0.25, 0.3) is 0 Å². The van der Waals surface area contributed by atoms with Gasteiger partial charge >= 0.3 is 23.9 Å². The van der Waals surface area contributed by atoms with Crippen molar-refractivity contribution < 1.29 is 51.3 Å². The fraction of sp³-hybridized carbons (Fsp3) is 0.467. The van der Waals surface area contributed by atoms with Crippen LogP contribution in [-0.4, -0.2) is 51.3 Å². The zero-order valence-corrected chi connectivity index (χ0v) is 29.1. The van der Waals surface area contributed by atoms with Crippen molar-refractivity contribution in [3.05, 3.63) is 64.8 Å².